The third-order valence-corrected chi connectivity index (χ3v) is 4.99. The van der Waals surface area contributed by atoms with Crippen LogP contribution < -0.4 is 15.4 Å². The van der Waals surface area contributed by atoms with Crippen molar-refractivity contribution in [3.8, 4) is 5.75 Å². The fourth-order valence-electron chi connectivity index (χ4n) is 3.42. The van der Waals surface area contributed by atoms with Gasteiger partial charge in [-0.1, -0.05) is 12.1 Å². The van der Waals surface area contributed by atoms with Crippen LogP contribution in [0.2, 0.25) is 0 Å². The zero-order valence-corrected chi connectivity index (χ0v) is 18.8. The fraction of sp³-hybridized carbons (Fsp3) is 0.650. The van der Waals surface area contributed by atoms with Crippen molar-refractivity contribution in [2.75, 3.05) is 52.5 Å². The Morgan fingerprint density at radius 1 is 1.22 bits per heavy atom. The molecular weight excluding hydrogens is 455 g/mol. The molecule has 27 heavy (non-hydrogen) atoms. The van der Waals surface area contributed by atoms with Gasteiger partial charge in [0.1, 0.15) is 5.75 Å². The van der Waals surface area contributed by atoms with Crippen molar-refractivity contribution in [2.45, 2.75) is 32.7 Å². The van der Waals surface area contributed by atoms with Crippen molar-refractivity contribution in [1.29, 1.82) is 0 Å². The first kappa shape index (κ1) is 22.2. The van der Waals surface area contributed by atoms with E-state index in [4.69, 9.17) is 14.5 Å². The molecule has 0 radical (unpaired) electrons. The number of nitrogens with zero attached hydrogens (tertiary/aromatic N) is 2. The standard InChI is InChI=1S/C20H32N4O2.HI/c1-3-21-20(23-15-16(2)24-9-12-25-13-10-24)22-8-6-17-4-5-19-18(14-17)7-11-26-19;/h4-5,14,16H,3,6-13,15H2,1-2H3,(H2,21,22,23);1H. The number of nitrogens with one attached hydrogen (secondary N) is 2. The van der Waals surface area contributed by atoms with Crippen LogP contribution in [0.4, 0.5) is 0 Å². The minimum absolute atomic E-state index is 0. The van der Waals surface area contributed by atoms with Gasteiger partial charge in [-0.15, -0.1) is 24.0 Å². The van der Waals surface area contributed by atoms with E-state index in [1.165, 1.54) is 11.1 Å². The number of guanidine groups is 1. The number of halogens is 1. The molecule has 3 rings (SSSR count). The van der Waals surface area contributed by atoms with Crippen molar-refractivity contribution >= 4 is 29.9 Å². The Morgan fingerprint density at radius 3 is 2.81 bits per heavy atom. The minimum atomic E-state index is 0. The minimum Gasteiger partial charge on any atom is -0.493 e. The summed E-state index contributed by atoms with van der Waals surface area (Å²) in [6.45, 7) is 11.4. The molecule has 0 aromatic heterocycles. The maximum Gasteiger partial charge on any atom is 0.191 e. The van der Waals surface area contributed by atoms with Crippen LogP contribution in [0.3, 0.4) is 0 Å². The van der Waals surface area contributed by atoms with Crippen molar-refractivity contribution in [3.05, 3.63) is 29.3 Å². The molecule has 0 amide bonds. The molecule has 1 fully saturated rings. The van der Waals surface area contributed by atoms with E-state index < -0.39 is 0 Å². The van der Waals surface area contributed by atoms with E-state index in [0.29, 0.717) is 6.04 Å². The van der Waals surface area contributed by atoms with Gasteiger partial charge in [0.05, 0.1) is 26.4 Å². The second-order valence-corrected chi connectivity index (χ2v) is 6.93. The lowest BCUT2D eigenvalue weighted by Gasteiger charge is -2.31. The molecule has 7 heteroatoms. The van der Waals surface area contributed by atoms with Crippen LogP contribution in [0.25, 0.3) is 0 Å². The third kappa shape index (κ3) is 6.80. The molecule has 0 aliphatic carbocycles. The third-order valence-electron chi connectivity index (χ3n) is 4.99. The van der Waals surface area contributed by atoms with E-state index in [2.05, 4.69) is 47.6 Å². The van der Waals surface area contributed by atoms with E-state index in [9.17, 15) is 0 Å². The normalized spacial score (nSPS) is 18.2. The highest BCUT2D eigenvalue weighted by molar-refractivity contribution is 14.0. The van der Waals surface area contributed by atoms with Gasteiger partial charge in [-0.2, -0.15) is 0 Å². The monoisotopic (exact) mass is 488 g/mol. The van der Waals surface area contributed by atoms with Crippen LogP contribution >= 0.6 is 24.0 Å². The molecule has 0 spiro atoms. The largest absolute Gasteiger partial charge is 0.493 e. The summed E-state index contributed by atoms with van der Waals surface area (Å²) in [7, 11) is 0. The number of morpholine rings is 1. The molecule has 2 heterocycles. The first-order chi connectivity index (χ1) is 12.8. The Bertz CT molecular complexity index is 606. The van der Waals surface area contributed by atoms with E-state index in [-0.39, 0.29) is 24.0 Å². The first-order valence-corrected chi connectivity index (χ1v) is 9.85. The Kier molecular flexibility index (Phi) is 9.64. The SMILES string of the molecule is CCNC(=NCC(C)N1CCOCC1)NCCc1ccc2c(c1)CCO2.I. The van der Waals surface area contributed by atoms with Crippen molar-refractivity contribution in [1.82, 2.24) is 15.5 Å². The van der Waals surface area contributed by atoms with E-state index in [0.717, 1.165) is 77.1 Å². The van der Waals surface area contributed by atoms with Gasteiger partial charge in [-0.25, -0.2) is 0 Å². The van der Waals surface area contributed by atoms with Crippen LogP contribution in [0.1, 0.15) is 25.0 Å². The quantitative estimate of drug-likeness (QED) is 0.350. The van der Waals surface area contributed by atoms with Gasteiger partial charge in [-0.05, 0) is 37.5 Å². The van der Waals surface area contributed by atoms with Gasteiger partial charge in [0.2, 0.25) is 0 Å². The first-order valence-electron chi connectivity index (χ1n) is 9.85. The smallest absolute Gasteiger partial charge is 0.191 e. The van der Waals surface area contributed by atoms with Crippen molar-refractivity contribution < 1.29 is 9.47 Å². The average Bonchev–Trinajstić information content (AvgIpc) is 3.14. The Hall–Kier alpha value is -1.06. The fourth-order valence-corrected chi connectivity index (χ4v) is 3.42. The van der Waals surface area contributed by atoms with Gasteiger partial charge in [-0.3, -0.25) is 9.89 Å². The molecule has 2 aliphatic rings. The lowest BCUT2D eigenvalue weighted by atomic mass is 10.1. The van der Waals surface area contributed by atoms with Crippen LogP contribution in [-0.2, 0) is 17.6 Å². The summed E-state index contributed by atoms with van der Waals surface area (Å²) in [5.74, 6) is 1.95. The van der Waals surface area contributed by atoms with Crippen molar-refractivity contribution in [3.63, 3.8) is 0 Å². The number of ether oxygens (including phenoxy) is 2. The second kappa shape index (κ2) is 11.7. The summed E-state index contributed by atoms with van der Waals surface area (Å²) in [4.78, 5) is 7.22. The molecule has 2 aliphatic heterocycles. The number of hydrogen-bond acceptors (Lipinski definition) is 4. The lowest BCUT2D eigenvalue weighted by molar-refractivity contribution is 0.0220. The zero-order chi connectivity index (χ0) is 18.2. The predicted octanol–water partition coefficient (Wildman–Crippen LogP) is 2.06. The number of hydrogen-bond donors (Lipinski definition) is 2. The van der Waals surface area contributed by atoms with E-state index >= 15 is 0 Å². The molecule has 0 saturated carbocycles. The Balaban J connectivity index is 0.00000261. The summed E-state index contributed by atoms with van der Waals surface area (Å²) >= 11 is 0. The van der Waals surface area contributed by atoms with Crippen molar-refractivity contribution in [2.24, 2.45) is 4.99 Å². The molecule has 152 valence electrons. The lowest BCUT2D eigenvalue weighted by Crippen LogP contribution is -2.44. The Labute approximate surface area is 180 Å². The summed E-state index contributed by atoms with van der Waals surface area (Å²) in [5.41, 5.74) is 2.68. The molecule has 1 atom stereocenters. The predicted molar refractivity (Wildman–Crippen MR) is 121 cm³/mol. The number of fused-ring (bicyclic) bond motifs is 1. The van der Waals surface area contributed by atoms with Gasteiger partial charge >= 0.3 is 0 Å². The van der Waals surface area contributed by atoms with Gasteiger partial charge in [0.25, 0.3) is 0 Å². The van der Waals surface area contributed by atoms with Gasteiger partial charge in [0, 0.05) is 38.6 Å². The van der Waals surface area contributed by atoms with E-state index in [1.54, 1.807) is 0 Å². The highest BCUT2D eigenvalue weighted by atomic mass is 127. The molecule has 1 aromatic rings. The topological polar surface area (TPSA) is 58.1 Å². The number of benzene rings is 1. The molecular formula is C20H33IN4O2. The molecule has 1 aromatic carbocycles. The van der Waals surface area contributed by atoms with Crippen LogP contribution in [0.15, 0.2) is 23.2 Å². The molecule has 6 nitrogen and oxygen atoms in total. The number of rotatable bonds is 7. The van der Waals surface area contributed by atoms with Crippen LogP contribution in [-0.4, -0.2) is 69.4 Å². The average molecular weight is 488 g/mol. The van der Waals surface area contributed by atoms with Gasteiger partial charge < -0.3 is 20.1 Å². The summed E-state index contributed by atoms with van der Waals surface area (Å²) < 4.78 is 11.0. The molecule has 0 bridgehead atoms. The van der Waals surface area contributed by atoms with Crippen LogP contribution in [0.5, 0.6) is 5.75 Å². The maximum absolute atomic E-state index is 5.58. The summed E-state index contributed by atoms with van der Waals surface area (Å²) in [6.07, 6.45) is 2.01. The summed E-state index contributed by atoms with van der Waals surface area (Å²) in [5, 5.41) is 6.80. The zero-order valence-electron chi connectivity index (χ0n) is 16.5. The Morgan fingerprint density at radius 2 is 2.04 bits per heavy atom. The highest BCUT2D eigenvalue weighted by Crippen LogP contribution is 2.25. The molecule has 1 unspecified atom stereocenters. The second-order valence-electron chi connectivity index (χ2n) is 6.93. The van der Waals surface area contributed by atoms with Gasteiger partial charge in [0.15, 0.2) is 5.96 Å². The number of aliphatic imine (C=N–C) groups is 1. The van der Waals surface area contributed by atoms with E-state index in [1.807, 2.05) is 0 Å². The summed E-state index contributed by atoms with van der Waals surface area (Å²) in [6, 6.07) is 6.97. The molecule has 1 saturated heterocycles. The van der Waals surface area contributed by atoms with Crippen LogP contribution in [0, 0.1) is 0 Å². The highest BCUT2D eigenvalue weighted by Gasteiger charge is 2.16. The molecule has 2 N–H and O–H groups in total. The maximum atomic E-state index is 5.58.